The minimum atomic E-state index is -0.0752. The van der Waals surface area contributed by atoms with Crippen molar-refractivity contribution in [1.29, 1.82) is 0 Å². The van der Waals surface area contributed by atoms with E-state index in [1.165, 1.54) is 0 Å². The molecular formula is C14H14N2O. The molecule has 0 aliphatic heterocycles. The molecule has 86 valence electrons. The molecule has 17 heavy (non-hydrogen) atoms. The first-order valence-electron chi connectivity index (χ1n) is 5.47. The first-order chi connectivity index (χ1) is 8.20. The molecule has 0 aliphatic carbocycles. The first kappa shape index (κ1) is 11.3. The summed E-state index contributed by atoms with van der Waals surface area (Å²) in [5.41, 5.74) is 3.58. The third kappa shape index (κ3) is 2.50. The van der Waals surface area contributed by atoms with Gasteiger partial charge in [-0.2, -0.15) is 0 Å². The van der Waals surface area contributed by atoms with E-state index in [0.29, 0.717) is 5.56 Å². The molecule has 0 radical (unpaired) electrons. The van der Waals surface area contributed by atoms with Crippen molar-refractivity contribution in [2.45, 2.75) is 6.92 Å². The van der Waals surface area contributed by atoms with E-state index in [1.54, 1.807) is 19.2 Å². The quantitative estimate of drug-likeness (QED) is 0.854. The zero-order chi connectivity index (χ0) is 12.3. The molecule has 0 unspecified atom stereocenters. The third-order valence-electron chi connectivity index (χ3n) is 2.56. The van der Waals surface area contributed by atoms with Crippen LogP contribution < -0.4 is 5.32 Å². The highest BCUT2D eigenvalue weighted by Crippen LogP contribution is 2.17. The highest BCUT2D eigenvalue weighted by molar-refractivity contribution is 5.94. The highest BCUT2D eigenvalue weighted by Gasteiger charge is 2.04. The van der Waals surface area contributed by atoms with Crippen LogP contribution in [-0.4, -0.2) is 17.9 Å². The molecule has 1 aromatic carbocycles. The van der Waals surface area contributed by atoms with Gasteiger partial charge in [0.15, 0.2) is 0 Å². The molecular weight excluding hydrogens is 212 g/mol. The third-order valence-corrected chi connectivity index (χ3v) is 2.56. The summed E-state index contributed by atoms with van der Waals surface area (Å²) in [5, 5.41) is 2.60. The topological polar surface area (TPSA) is 42.0 Å². The molecule has 0 fully saturated rings. The predicted octanol–water partition coefficient (Wildman–Crippen LogP) is 2.42. The average Bonchev–Trinajstić information content (AvgIpc) is 2.38. The van der Waals surface area contributed by atoms with Crippen molar-refractivity contribution >= 4 is 5.91 Å². The van der Waals surface area contributed by atoms with Crippen LogP contribution in [0.4, 0.5) is 0 Å². The van der Waals surface area contributed by atoms with E-state index in [-0.39, 0.29) is 5.91 Å². The van der Waals surface area contributed by atoms with Crippen molar-refractivity contribution in [3.05, 3.63) is 53.7 Å². The van der Waals surface area contributed by atoms with Crippen LogP contribution in [0.25, 0.3) is 11.3 Å². The van der Waals surface area contributed by atoms with Crippen molar-refractivity contribution in [2.75, 3.05) is 7.05 Å². The van der Waals surface area contributed by atoms with Crippen LogP contribution in [-0.2, 0) is 0 Å². The van der Waals surface area contributed by atoms with E-state index in [1.807, 2.05) is 37.3 Å². The lowest BCUT2D eigenvalue weighted by atomic mass is 10.1. The summed E-state index contributed by atoms with van der Waals surface area (Å²) in [6.07, 6.45) is 0. The zero-order valence-electron chi connectivity index (χ0n) is 9.90. The van der Waals surface area contributed by atoms with Gasteiger partial charge in [0.25, 0.3) is 5.91 Å². The Kier molecular flexibility index (Phi) is 3.19. The molecule has 1 N–H and O–H groups in total. The molecule has 2 rings (SSSR count). The molecule has 0 atom stereocenters. The summed E-state index contributed by atoms with van der Waals surface area (Å²) in [7, 11) is 1.62. The van der Waals surface area contributed by atoms with Crippen LogP contribution in [0.2, 0.25) is 0 Å². The van der Waals surface area contributed by atoms with E-state index in [0.717, 1.165) is 17.0 Å². The Morgan fingerprint density at radius 2 is 1.82 bits per heavy atom. The van der Waals surface area contributed by atoms with Gasteiger partial charge in [-0.1, -0.05) is 18.2 Å². The number of amides is 1. The van der Waals surface area contributed by atoms with Gasteiger partial charge in [0, 0.05) is 23.9 Å². The highest BCUT2D eigenvalue weighted by atomic mass is 16.1. The van der Waals surface area contributed by atoms with E-state index >= 15 is 0 Å². The lowest BCUT2D eigenvalue weighted by Gasteiger charge is -2.03. The van der Waals surface area contributed by atoms with Crippen molar-refractivity contribution in [3.8, 4) is 11.3 Å². The normalized spacial score (nSPS) is 10.0. The standard InChI is InChI=1S/C14H14N2O/c1-10-4-3-5-13(16-10)11-6-8-12(9-7-11)14(17)15-2/h3-9H,1-2H3,(H,15,17). The number of aryl methyl sites for hydroxylation is 1. The zero-order valence-corrected chi connectivity index (χ0v) is 9.90. The molecule has 3 heteroatoms. The lowest BCUT2D eigenvalue weighted by Crippen LogP contribution is -2.17. The molecule has 3 nitrogen and oxygen atoms in total. The summed E-state index contributed by atoms with van der Waals surface area (Å²) >= 11 is 0. The second kappa shape index (κ2) is 4.78. The second-order valence-corrected chi connectivity index (χ2v) is 3.82. The van der Waals surface area contributed by atoms with E-state index < -0.39 is 0 Å². The maximum atomic E-state index is 11.4. The summed E-state index contributed by atoms with van der Waals surface area (Å²) < 4.78 is 0. The number of nitrogens with one attached hydrogen (secondary N) is 1. The minimum Gasteiger partial charge on any atom is -0.355 e. The van der Waals surface area contributed by atoms with E-state index in [2.05, 4.69) is 10.3 Å². The van der Waals surface area contributed by atoms with Crippen molar-refractivity contribution in [3.63, 3.8) is 0 Å². The molecule has 1 amide bonds. The molecule has 0 bridgehead atoms. The lowest BCUT2D eigenvalue weighted by molar-refractivity contribution is 0.0963. The first-order valence-corrected chi connectivity index (χ1v) is 5.47. The second-order valence-electron chi connectivity index (χ2n) is 3.82. The van der Waals surface area contributed by atoms with Gasteiger partial charge in [-0.05, 0) is 31.2 Å². The Hall–Kier alpha value is -2.16. The van der Waals surface area contributed by atoms with Crippen LogP contribution >= 0.6 is 0 Å². The van der Waals surface area contributed by atoms with E-state index in [9.17, 15) is 4.79 Å². The summed E-state index contributed by atoms with van der Waals surface area (Å²) in [6, 6.07) is 13.3. The van der Waals surface area contributed by atoms with Gasteiger partial charge in [-0.15, -0.1) is 0 Å². The van der Waals surface area contributed by atoms with Crippen molar-refractivity contribution in [2.24, 2.45) is 0 Å². The number of carbonyl (C=O) groups is 1. The number of hydrogen-bond donors (Lipinski definition) is 1. The van der Waals surface area contributed by atoms with Gasteiger partial charge in [0.1, 0.15) is 0 Å². The molecule has 1 aromatic heterocycles. The number of rotatable bonds is 2. The average molecular weight is 226 g/mol. The van der Waals surface area contributed by atoms with Gasteiger partial charge in [0.2, 0.25) is 0 Å². The Bertz CT molecular complexity index is 532. The molecule has 0 aliphatic rings. The van der Waals surface area contributed by atoms with Crippen LogP contribution in [0.5, 0.6) is 0 Å². The fourth-order valence-corrected chi connectivity index (χ4v) is 1.64. The van der Waals surface area contributed by atoms with Gasteiger partial charge < -0.3 is 5.32 Å². The number of nitrogens with zero attached hydrogens (tertiary/aromatic N) is 1. The Balaban J connectivity index is 2.32. The maximum Gasteiger partial charge on any atom is 0.251 e. The van der Waals surface area contributed by atoms with Crippen LogP contribution in [0, 0.1) is 6.92 Å². The number of pyridine rings is 1. The molecule has 2 aromatic rings. The number of aromatic nitrogens is 1. The smallest absolute Gasteiger partial charge is 0.251 e. The fourth-order valence-electron chi connectivity index (χ4n) is 1.64. The maximum absolute atomic E-state index is 11.4. The number of benzene rings is 1. The van der Waals surface area contributed by atoms with Crippen LogP contribution in [0.1, 0.15) is 16.1 Å². The number of hydrogen-bond acceptors (Lipinski definition) is 2. The minimum absolute atomic E-state index is 0.0752. The van der Waals surface area contributed by atoms with Gasteiger partial charge in [0.05, 0.1) is 5.69 Å². The summed E-state index contributed by atoms with van der Waals surface area (Å²) in [4.78, 5) is 15.8. The van der Waals surface area contributed by atoms with Gasteiger partial charge >= 0.3 is 0 Å². The molecule has 1 heterocycles. The van der Waals surface area contributed by atoms with Crippen molar-refractivity contribution < 1.29 is 4.79 Å². The monoisotopic (exact) mass is 226 g/mol. The van der Waals surface area contributed by atoms with E-state index in [4.69, 9.17) is 0 Å². The largest absolute Gasteiger partial charge is 0.355 e. The molecule has 0 saturated heterocycles. The van der Waals surface area contributed by atoms with Gasteiger partial charge in [-0.25, -0.2) is 0 Å². The SMILES string of the molecule is CNC(=O)c1ccc(-c2cccc(C)n2)cc1. The van der Waals surface area contributed by atoms with Crippen LogP contribution in [0.15, 0.2) is 42.5 Å². The Labute approximate surface area is 101 Å². The van der Waals surface area contributed by atoms with Gasteiger partial charge in [-0.3, -0.25) is 9.78 Å². The summed E-state index contributed by atoms with van der Waals surface area (Å²) in [5.74, 6) is -0.0752. The van der Waals surface area contributed by atoms with Crippen LogP contribution in [0.3, 0.4) is 0 Å². The van der Waals surface area contributed by atoms with Crippen molar-refractivity contribution in [1.82, 2.24) is 10.3 Å². The molecule has 0 saturated carbocycles. The Morgan fingerprint density at radius 1 is 1.12 bits per heavy atom. The fraction of sp³-hybridized carbons (Fsp3) is 0.143. The molecule has 0 spiro atoms. The predicted molar refractivity (Wildman–Crippen MR) is 67.8 cm³/mol. The Morgan fingerprint density at radius 3 is 2.41 bits per heavy atom. The number of carbonyl (C=O) groups excluding carboxylic acids is 1. The summed E-state index contributed by atoms with van der Waals surface area (Å²) in [6.45, 7) is 1.96.